The minimum absolute atomic E-state index is 0.00823. The molecule has 0 radical (unpaired) electrons. The molecule has 6 nitrogen and oxygen atoms in total. The number of aliphatic hydroxyl groups is 2. The van der Waals surface area contributed by atoms with Crippen LogP contribution in [0, 0.1) is 0 Å². The molecule has 2 atom stereocenters. The van der Waals surface area contributed by atoms with Crippen LogP contribution >= 0.6 is 11.8 Å². The summed E-state index contributed by atoms with van der Waals surface area (Å²) in [5.74, 6) is 0.456. The lowest BCUT2D eigenvalue weighted by Gasteiger charge is -2.32. The third kappa shape index (κ3) is 4.83. The van der Waals surface area contributed by atoms with Crippen LogP contribution in [0.2, 0.25) is 0 Å². The molecule has 2 N–H and O–H groups in total. The van der Waals surface area contributed by atoms with Crippen LogP contribution in [0.1, 0.15) is 52.7 Å². The topological polar surface area (TPSA) is 88.9 Å². The standard InChI is InChI=1S/C17H26BNO5S/c1-11(20)25-7-6-14(21)15(22)12-8-13(10-19-9-12)18-23-16(2,3)17(4,5)24-18/h8-10,14-15,21-22H,6-7H2,1-5H3. The molecule has 0 aromatic carbocycles. The number of rotatable bonds is 6. The van der Waals surface area contributed by atoms with E-state index in [0.717, 1.165) is 11.8 Å². The minimum atomic E-state index is -1.08. The maximum atomic E-state index is 10.9. The maximum absolute atomic E-state index is 10.9. The van der Waals surface area contributed by atoms with Gasteiger partial charge >= 0.3 is 7.12 Å². The smallest absolute Gasteiger partial charge is 0.399 e. The summed E-state index contributed by atoms with van der Waals surface area (Å²) in [7, 11) is -0.574. The number of nitrogens with zero attached hydrogens (tertiary/aromatic N) is 1. The Balaban J connectivity index is 2.07. The van der Waals surface area contributed by atoms with Crippen LogP contribution in [0.5, 0.6) is 0 Å². The van der Waals surface area contributed by atoms with Gasteiger partial charge in [-0.3, -0.25) is 9.78 Å². The average molecular weight is 367 g/mol. The van der Waals surface area contributed by atoms with Crippen molar-refractivity contribution in [1.82, 2.24) is 4.98 Å². The molecule has 1 fully saturated rings. The van der Waals surface area contributed by atoms with E-state index in [1.165, 1.54) is 13.1 Å². The molecule has 1 aliphatic heterocycles. The fraction of sp³-hybridized carbons (Fsp3) is 0.647. The molecule has 0 aliphatic carbocycles. The molecule has 2 unspecified atom stereocenters. The molecule has 0 amide bonds. The molecule has 138 valence electrons. The van der Waals surface area contributed by atoms with Gasteiger partial charge in [-0.2, -0.15) is 0 Å². The highest BCUT2D eigenvalue weighted by Gasteiger charge is 2.51. The lowest BCUT2D eigenvalue weighted by molar-refractivity contribution is -0.109. The predicted octanol–water partition coefficient (Wildman–Crippen LogP) is 1.44. The van der Waals surface area contributed by atoms with Crippen LogP contribution in [0.15, 0.2) is 18.5 Å². The molecule has 2 heterocycles. The highest BCUT2D eigenvalue weighted by molar-refractivity contribution is 8.13. The zero-order valence-corrected chi connectivity index (χ0v) is 16.2. The van der Waals surface area contributed by atoms with Gasteiger partial charge in [-0.05, 0) is 34.1 Å². The first-order valence-corrected chi connectivity index (χ1v) is 9.32. The van der Waals surface area contributed by atoms with E-state index in [-0.39, 0.29) is 5.12 Å². The lowest BCUT2D eigenvalue weighted by Crippen LogP contribution is -2.41. The Morgan fingerprint density at radius 3 is 2.40 bits per heavy atom. The molecular weight excluding hydrogens is 341 g/mol. The number of pyridine rings is 1. The Bertz CT molecular complexity index is 609. The van der Waals surface area contributed by atoms with E-state index in [1.54, 1.807) is 12.3 Å². The Kier molecular flexibility index (Phi) is 6.33. The van der Waals surface area contributed by atoms with E-state index < -0.39 is 30.5 Å². The van der Waals surface area contributed by atoms with E-state index in [0.29, 0.717) is 23.2 Å². The van der Waals surface area contributed by atoms with Crippen molar-refractivity contribution >= 4 is 29.5 Å². The summed E-state index contributed by atoms with van der Waals surface area (Å²) in [6, 6.07) is 1.74. The monoisotopic (exact) mass is 367 g/mol. The molecule has 1 saturated heterocycles. The summed E-state index contributed by atoms with van der Waals surface area (Å²) in [6.07, 6.45) is 1.41. The van der Waals surface area contributed by atoms with Crippen molar-refractivity contribution in [3.63, 3.8) is 0 Å². The van der Waals surface area contributed by atoms with Gasteiger partial charge in [0.2, 0.25) is 0 Å². The Morgan fingerprint density at radius 1 is 1.24 bits per heavy atom. The number of hydrogen-bond acceptors (Lipinski definition) is 7. The fourth-order valence-corrected chi connectivity index (χ4v) is 3.10. The van der Waals surface area contributed by atoms with Gasteiger partial charge in [0.1, 0.15) is 6.10 Å². The summed E-state index contributed by atoms with van der Waals surface area (Å²) in [4.78, 5) is 15.1. The third-order valence-electron chi connectivity index (χ3n) is 4.73. The summed E-state index contributed by atoms with van der Waals surface area (Å²) < 4.78 is 12.0. The Morgan fingerprint density at radius 2 is 1.84 bits per heavy atom. The van der Waals surface area contributed by atoms with Gasteiger partial charge in [-0.1, -0.05) is 17.8 Å². The molecule has 2 rings (SSSR count). The van der Waals surface area contributed by atoms with E-state index in [9.17, 15) is 15.0 Å². The molecule has 1 aromatic rings. The van der Waals surface area contributed by atoms with Crippen molar-refractivity contribution in [2.75, 3.05) is 5.75 Å². The van der Waals surface area contributed by atoms with Crippen LogP contribution in [-0.4, -0.2) is 50.5 Å². The summed E-state index contributed by atoms with van der Waals surface area (Å²) in [6.45, 7) is 9.35. The lowest BCUT2D eigenvalue weighted by atomic mass is 9.79. The molecule has 8 heteroatoms. The van der Waals surface area contributed by atoms with E-state index in [1.807, 2.05) is 27.7 Å². The van der Waals surface area contributed by atoms with E-state index >= 15 is 0 Å². The summed E-state index contributed by atoms with van der Waals surface area (Å²) in [5.41, 5.74) is 0.263. The second kappa shape index (κ2) is 7.76. The zero-order valence-electron chi connectivity index (χ0n) is 15.4. The molecule has 25 heavy (non-hydrogen) atoms. The molecule has 1 aliphatic rings. The van der Waals surface area contributed by atoms with Gasteiger partial charge in [-0.25, -0.2) is 0 Å². The highest BCUT2D eigenvalue weighted by atomic mass is 32.2. The van der Waals surface area contributed by atoms with Gasteiger partial charge in [0.05, 0.1) is 17.3 Å². The number of carbonyl (C=O) groups excluding carboxylic acids is 1. The average Bonchev–Trinajstić information content (AvgIpc) is 2.74. The van der Waals surface area contributed by atoms with Crippen molar-refractivity contribution in [2.24, 2.45) is 0 Å². The van der Waals surface area contributed by atoms with Gasteiger partial charge in [-0.15, -0.1) is 0 Å². The van der Waals surface area contributed by atoms with Crippen molar-refractivity contribution in [2.45, 2.75) is 64.4 Å². The molecular formula is C17H26BNO5S. The van der Waals surface area contributed by atoms with E-state index in [2.05, 4.69) is 4.98 Å². The Labute approximate surface area is 153 Å². The molecule has 1 aromatic heterocycles. The zero-order chi connectivity index (χ0) is 18.8. The predicted molar refractivity (Wildman–Crippen MR) is 98.7 cm³/mol. The number of hydrogen-bond donors (Lipinski definition) is 2. The second-order valence-electron chi connectivity index (χ2n) is 7.28. The largest absolute Gasteiger partial charge is 0.496 e. The summed E-state index contributed by atoms with van der Waals surface area (Å²) in [5, 5.41) is 20.5. The van der Waals surface area contributed by atoms with Crippen molar-refractivity contribution < 1.29 is 24.3 Å². The first kappa shape index (κ1) is 20.4. The van der Waals surface area contributed by atoms with Gasteiger partial charge in [0, 0.05) is 36.1 Å². The minimum Gasteiger partial charge on any atom is -0.399 e. The van der Waals surface area contributed by atoms with Gasteiger partial charge < -0.3 is 19.5 Å². The van der Waals surface area contributed by atoms with Gasteiger partial charge in [0.15, 0.2) is 5.12 Å². The highest BCUT2D eigenvalue weighted by Crippen LogP contribution is 2.36. The number of carbonyl (C=O) groups is 1. The summed E-state index contributed by atoms with van der Waals surface area (Å²) >= 11 is 1.13. The molecule has 0 spiro atoms. The molecule has 0 saturated carbocycles. The molecule has 0 bridgehead atoms. The van der Waals surface area contributed by atoms with Crippen LogP contribution in [0.25, 0.3) is 0 Å². The second-order valence-corrected chi connectivity index (χ2v) is 8.55. The van der Waals surface area contributed by atoms with Crippen molar-refractivity contribution in [1.29, 1.82) is 0 Å². The quantitative estimate of drug-likeness (QED) is 0.736. The van der Waals surface area contributed by atoms with Crippen LogP contribution in [0.4, 0.5) is 0 Å². The maximum Gasteiger partial charge on any atom is 0.496 e. The fourth-order valence-electron chi connectivity index (χ4n) is 2.45. The van der Waals surface area contributed by atoms with Crippen LogP contribution < -0.4 is 5.46 Å². The van der Waals surface area contributed by atoms with Crippen LogP contribution in [-0.2, 0) is 14.1 Å². The number of aliphatic hydroxyl groups excluding tert-OH is 2. The normalized spacial score (nSPS) is 21.2. The third-order valence-corrected chi connectivity index (χ3v) is 5.58. The number of thioether (sulfide) groups is 1. The van der Waals surface area contributed by atoms with Crippen LogP contribution in [0.3, 0.4) is 0 Å². The van der Waals surface area contributed by atoms with Gasteiger partial charge in [0.25, 0.3) is 0 Å². The SMILES string of the molecule is CC(=O)SCCC(O)C(O)c1cncc(B2OC(C)(C)C(C)(C)O2)c1. The first-order valence-electron chi connectivity index (χ1n) is 8.33. The van der Waals surface area contributed by atoms with Crippen molar-refractivity contribution in [3.8, 4) is 0 Å². The Hall–Kier alpha value is -0.925. The van der Waals surface area contributed by atoms with Crippen molar-refractivity contribution in [3.05, 3.63) is 24.0 Å². The first-order chi connectivity index (χ1) is 11.5. The number of aromatic nitrogens is 1. The van der Waals surface area contributed by atoms with E-state index in [4.69, 9.17) is 9.31 Å².